The Labute approximate surface area is 176 Å². The van der Waals surface area contributed by atoms with Gasteiger partial charge in [-0.15, -0.1) is 0 Å². The molecule has 0 aromatic carbocycles. The van der Waals surface area contributed by atoms with Crippen LogP contribution in [0.15, 0.2) is 0 Å². The number of hydrogen-bond donors (Lipinski definition) is 1. The predicted octanol–water partition coefficient (Wildman–Crippen LogP) is 5.21. The highest BCUT2D eigenvalue weighted by Gasteiger charge is 2.63. The Kier molecular flexibility index (Phi) is 5.31. The molecule has 1 N–H and O–H groups in total. The highest BCUT2D eigenvalue weighted by Crippen LogP contribution is 2.68. The molecule has 0 bridgehead atoms. The monoisotopic (exact) mass is 403 g/mol. The van der Waals surface area contributed by atoms with Crippen molar-refractivity contribution in [1.29, 1.82) is 0 Å². The van der Waals surface area contributed by atoms with E-state index in [1.165, 1.54) is 25.7 Å². The zero-order chi connectivity index (χ0) is 21.1. The second-order valence-corrected chi connectivity index (χ2v) is 11.7. The Morgan fingerprint density at radius 3 is 2.55 bits per heavy atom. The zero-order valence-corrected chi connectivity index (χ0v) is 19.1. The highest BCUT2D eigenvalue weighted by molar-refractivity contribution is 5.77. The van der Waals surface area contributed by atoms with Gasteiger partial charge in [0.05, 0.1) is 0 Å². The average molecular weight is 404 g/mol. The van der Waals surface area contributed by atoms with E-state index in [4.69, 9.17) is 5.11 Å². The SMILES string of the molecule is CC1C[C@H]2N(C)C(=O)CC[C@]2(C)[C@H]2CC[C@]3(C)[C@@H]([C@H](C)CCC(=O)O)CC[C@H]3[C@H]12. The summed E-state index contributed by atoms with van der Waals surface area (Å²) in [5.74, 6) is 3.80. The van der Waals surface area contributed by atoms with Crippen molar-refractivity contribution in [3.05, 3.63) is 0 Å². The number of carbonyl (C=O) groups is 2. The summed E-state index contributed by atoms with van der Waals surface area (Å²) < 4.78 is 0. The molecular weight excluding hydrogens is 362 g/mol. The smallest absolute Gasteiger partial charge is 0.303 e. The van der Waals surface area contributed by atoms with Gasteiger partial charge in [-0.2, -0.15) is 0 Å². The van der Waals surface area contributed by atoms with Crippen molar-refractivity contribution in [2.45, 2.75) is 91.5 Å². The highest BCUT2D eigenvalue weighted by atomic mass is 16.4. The molecule has 1 saturated heterocycles. The summed E-state index contributed by atoms with van der Waals surface area (Å²) >= 11 is 0. The summed E-state index contributed by atoms with van der Waals surface area (Å²) in [5, 5.41) is 9.14. The minimum Gasteiger partial charge on any atom is -0.481 e. The lowest BCUT2D eigenvalue weighted by Crippen LogP contribution is -2.63. The lowest BCUT2D eigenvalue weighted by Gasteiger charge is -2.64. The number of hydrogen-bond acceptors (Lipinski definition) is 2. The number of aliphatic carboxylic acids is 1. The molecule has 0 spiro atoms. The number of carboxylic acid groups (broad SMARTS) is 1. The maximum absolute atomic E-state index is 12.4. The zero-order valence-electron chi connectivity index (χ0n) is 19.1. The Bertz CT molecular complexity index is 677. The van der Waals surface area contributed by atoms with Crippen LogP contribution in [0.2, 0.25) is 0 Å². The van der Waals surface area contributed by atoms with Crippen molar-refractivity contribution in [1.82, 2.24) is 4.90 Å². The number of amides is 1. The van der Waals surface area contributed by atoms with Crippen LogP contribution in [0.3, 0.4) is 0 Å². The molecule has 4 aliphatic rings. The van der Waals surface area contributed by atoms with Crippen molar-refractivity contribution < 1.29 is 14.7 Å². The van der Waals surface area contributed by atoms with Crippen LogP contribution >= 0.6 is 0 Å². The van der Waals surface area contributed by atoms with Crippen molar-refractivity contribution in [2.24, 2.45) is 46.3 Å². The molecule has 4 nitrogen and oxygen atoms in total. The van der Waals surface area contributed by atoms with Crippen LogP contribution in [0.5, 0.6) is 0 Å². The van der Waals surface area contributed by atoms with Crippen molar-refractivity contribution in [3.8, 4) is 0 Å². The van der Waals surface area contributed by atoms with E-state index >= 15 is 0 Å². The molecule has 164 valence electrons. The van der Waals surface area contributed by atoms with Gasteiger partial charge in [-0.1, -0.05) is 27.7 Å². The fourth-order valence-electron chi connectivity index (χ4n) is 8.99. The van der Waals surface area contributed by atoms with Gasteiger partial charge in [0.15, 0.2) is 0 Å². The minimum absolute atomic E-state index is 0.272. The standard InChI is InChI=1S/C25H41NO3/c1-15(6-9-22(28)29)17-7-8-18-23-16(2)14-20-25(4,13-11-21(27)26(20)5)19(23)10-12-24(17,18)3/h15-20,23H,6-14H2,1-5H3,(H,28,29)/t15-,16?,17-,18+,19+,20-,23+,24-,25-/m1/s1. The normalized spacial score (nSPS) is 47.9. The Morgan fingerprint density at radius 2 is 1.86 bits per heavy atom. The first-order valence-electron chi connectivity index (χ1n) is 12.1. The van der Waals surface area contributed by atoms with Gasteiger partial charge in [-0.25, -0.2) is 0 Å². The van der Waals surface area contributed by atoms with Gasteiger partial charge in [-0.3, -0.25) is 9.59 Å². The molecule has 0 aromatic rings. The maximum atomic E-state index is 12.4. The van der Waals surface area contributed by atoms with Gasteiger partial charge >= 0.3 is 5.97 Å². The first-order valence-corrected chi connectivity index (χ1v) is 12.1. The molecule has 29 heavy (non-hydrogen) atoms. The summed E-state index contributed by atoms with van der Waals surface area (Å²) in [7, 11) is 2.04. The summed E-state index contributed by atoms with van der Waals surface area (Å²) in [6.45, 7) is 9.79. The summed E-state index contributed by atoms with van der Waals surface area (Å²) in [6, 6.07) is 0.413. The minimum atomic E-state index is -0.656. The van der Waals surface area contributed by atoms with E-state index < -0.39 is 5.97 Å². The lowest BCUT2D eigenvalue weighted by molar-refractivity contribution is -0.167. The predicted molar refractivity (Wildman–Crippen MR) is 114 cm³/mol. The number of piperidine rings is 1. The van der Waals surface area contributed by atoms with Gasteiger partial charge in [0.2, 0.25) is 5.91 Å². The van der Waals surface area contributed by atoms with Crippen LogP contribution in [0, 0.1) is 46.3 Å². The van der Waals surface area contributed by atoms with E-state index in [2.05, 4.69) is 32.6 Å². The Balaban J connectivity index is 1.58. The first kappa shape index (κ1) is 21.2. The fraction of sp³-hybridized carbons (Fsp3) is 0.920. The molecular formula is C25H41NO3. The molecule has 1 unspecified atom stereocenters. The Hall–Kier alpha value is -1.06. The lowest BCUT2D eigenvalue weighted by atomic mass is 9.44. The summed E-state index contributed by atoms with van der Waals surface area (Å²) in [5.41, 5.74) is 0.640. The van der Waals surface area contributed by atoms with E-state index in [1.54, 1.807) is 0 Å². The van der Waals surface area contributed by atoms with Gasteiger partial charge in [0, 0.05) is 25.9 Å². The second kappa shape index (κ2) is 7.27. The number of nitrogens with zero attached hydrogens (tertiary/aromatic N) is 1. The van der Waals surface area contributed by atoms with E-state index in [0.29, 0.717) is 41.5 Å². The van der Waals surface area contributed by atoms with Crippen molar-refractivity contribution in [3.63, 3.8) is 0 Å². The van der Waals surface area contributed by atoms with Crippen molar-refractivity contribution >= 4 is 11.9 Å². The molecule has 3 saturated carbocycles. The van der Waals surface area contributed by atoms with E-state index in [9.17, 15) is 9.59 Å². The summed E-state index contributed by atoms with van der Waals surface area (Å²) in [4.78, 5) is 25.6. The van der Waals surface area contributed by atoms with Crippen LogP contribution in [-0.4, -0.2) is 35.0 Å². The molecule has 0 aromatic heterocycles. The molecule has 1 heterocycles. The van der Waals surface area contributed by atoms with Crippen LogP contribution in [0.25, 0.3) is 0 Å². The third-order valence-corrected chi connectivity index (χ3v) is 10.5. The molecule has 4 rings (SSSR count). The molecule has 9 atom stereocenters. The van der Waals surface area contributed by atoms with Crippen LogP contribution in [-0.2, 0) is 9.59 Å². The van der Waals surface area contributed by atoms with Crippen LogP contribution in [0.4, 0.5) is 0 Å². The number of carbonyl (C=O) groups excluding carboxylic acids is 1. The van der Waals surface area contributed by atoms with E-state index in [-0.39, 0.29) is 5.41 Å². The molecule has 0 radical (unpaired) electrons. The van der Waals surface area contributed by atoms with Crippen molar-refractivity contribution in [2.75, 3.05) is 7.05 Å². The molecule has 4 fully saturated rings. The third kappa shape index (κ3) is 3.15. The maximum Gasteiger partial charge on any atom is 0.303 e. The molecule has 4 heteroatoms. The quantitative estimate of drug-likeness (QED) is 0.701. The Morgan fingerprint density at radius 1 is 1.17 bits per heavy atom. The van der Waals surface area contributed by atoms with Crippen LogP contribution in [0.1, 0.15) is 85.5 Å². The van der Waals surface area contributed by atoms with Gasteiger partial charge < -0.3 is 10.0 Å². The van der Waals surface area contributed by atoms with Gasteiger partial charge in [-0.05, 0) is 91.3 Å². The summed E-state index contributed by atoms with van der Waals surface area (Å²) in [6.07, 6.45) is 9.24. The number of likely N-dealkylation sites (tertiary alicyclic amines) is 1. The van der Waals surface area contributed by atoms with E-state index in [1.807, 2.05) is 7.05 Å². The molecule has 1 amide bonds. The fourth-order valence-corrected chi connectivity index (χ4v) is 8.99. The first-order chi connectivity index (χ1) is 13.6. The molecule has 3 aliphatic carbocycles. The number of carboxylic acids is 1. The number of rotatable bonds is 4. The molecule has 1 aliphatic heterocycles. The largest absolute Gasteiger partial charge is 0.481 e. The topological polar surface area (TPSA) is 57.6 Å². The van der Waals surface area contributed by atoms with Crippen LogP contribution < -0.4 is 0 Å². The number of fused-ring (bicyclic) bond motifs is 5. The average Bonchev–Trinajstić information content (AvgIpc) is 3.02. The third-order valence-electron chi connectivity index (χ3n) is 10.5. The second-order valence-electron chi connectivity index (χ2n) is 11.7. The van der Waals surface area contributed by atoms with Gasteiger partial charge in [0.1, 0.15) is 0 Å². The van der Waals surface area contributed by atoms with E-state index in [0.717, 1.165) is 43.4 Å². The van der Waals surface area contributed by atoms with Gasteiger partial charge in [0.25, 0.3) is 0 Å².